The van der Waals surface area contributed by atoms with Gasteiger partial charge in [-0.15, -0.1) is 0 Å². The van der Waals surface area contributed by atoms with Gasteiger partial charge in [0, 0.05) is 11.8 Å². The highest BCUT2D eigenvalue weighted by Gasteiger charge is 2.14. The summed E-state index contributed by atoms with van der Waals surface area (Å²) >= 11 is 0. The van der Waals surface area contributed by atoms with Crippen molar-refractivity contribution >= 4 is 11.7 Å². The number of nitrogens with one attached hydrogen (secondary N) is 1. The molecule has 0 aliphatic heterocycles. The van der Waals surface area contributed by atoms with Gasteiger partial charge in [0.25, 0.3) is 0 Å². The monoisotopic (exact) mass is 260 g/mol. The fourth-order valence-corrected chi connectivity index (χ4v) is 1.83. The second-order valence-corrected chi connectivity index (χ2v) is 4.11. The number of carbonyl (C=O) groups is 1. The molecule has 1 aromatic heterocycles. The number of nitrogens with zero attached hydrogens (tertiary/aromatic N) is 1. The van der Waals surface area contributed by atoms with Crippen LogP contribution in [0.4, 0.5) is 10.1 Å². The number of hydrogen-bond donors (Lipinski definition) is 2. The predicted molar refractivity (Wildman–Crippen MR) is 69.6 cm³/mol. The maximum absolute atomic E-state index is 13.6. The van der Waals surface area contributed by atoms with Gasteiger partial charge >= 0.3 is 5.97 Å². The van der Waals surface area contributed by atoms with E-state index < -0.39 is 5.97 Å². The number of pyridine rings is 1. The minimum atomic E-state index is -1.05. The molecule has 0 spiro atoms. The second-order valence-electron chi connectivity index (χ2n) is 4.11. The van der Waals surface area contributed by atoms with Crippen LogP contribution in [0.5, 0.6) is 0 Å². The zero-order chi connectivity index (χ0) is 13.8. The van der Waals surface area contributed by atoms with Gasteiger partial charge in [0.15, 0.2) is 0 Å². The summed E-state index contributed by atoms with van der Waals surface area (Å²) in [4.78, 5) is 14.9. The topological polar surface area (TPSA) is 62.2 Å². The van der Waals surface area contributed by atoms with Crippen LogP contribution in [-0.4, -0.2) is 16.1 Å². The van der Waals surface area contributed by atoms with Crippen LogP contribution in [0.1, 0.15) is 28.9 Å². The first-order valence-corrected chi connectivity index (χ1v) is 5.78. The van der Waals surface area contributed by atoms with Crippen molar-refractivity contribution in [1.29, 1.82) is 0 Å². The summed E-state index contributed by atoms with van der Waals surface area (Å²) < 4.78 is 13.6. The maximum Gasteiger partial charge on any atom is 0.337 e. The molecule has 1 unspecified atom stereocenters. The molecule has 0 aliphatic rings. The van der Waals surface area contributed by atoms with Gasteiger partial charge in [0.2, 0.25) is 0 Å². The lowest BCUT2D eigenvalue weighted by molar-refractivity contribution is 0.0698. The van der Waals surface area contributed by atoms with Crippen LogP contribution < -0.4 is 5.32 Å². The normalized spacial score (nSPS) is 11.9. The molecule has 1 atom stereocenters. The van der Waals surface area contributed by atoms with Crippen LogP contribution in [0, 0.1) is 5.82 Å². The van der Waals surface area contributed by atoms with Crippen LogP contribution >= 0.6 is 0 Å². The molecule has 1 aromatic carbocycles. The van der Waals surface area contributed by atoms with E-state index in [0.717, 1.165) is 0 Å². The largest absolute Gasteiger partial charge is 0.478 e. The molecule has 2 N–H and O–H groups in total. The van der Waals surface area contributed by atoms with Gasteiger partial charge in [-0.2, -0.15) is 0 Å². The third-order valence-corrected chi connectivity index (χ3v) is 2.80. The Balaban J connectivity index is 2.27. The highest BCUT2D eigenvalue weighted by molar-refractivity contribution is 5.93. The molecule has 0 bridgehead atoms. The Morgan fingerprint density at radius 2 is 2.11 bits per heavy atom. The molecule has 0 amide bonds. The highest BCUT2D eigenvalue weighted by atomic mass is 19.1. The summed E-state index contributed by atoms with van der Waals surface area (Å²) in [7, 11) is 0. The Morgan fingerprint density at radius 3 is 2.79 bits per heavy atom. The van der Waals surface area contributed by atoms with Gasteiger partial charge in [0.05, 0.1) is 23.5 Å². The number of rotatable bonds is 4. The van der Waals surface area contributed by atoms with E-state index >= 15 is 0 Å². The van der Waals surface area contributed by atoms with Crippen molar-refractivity contribution < 1.29 is 14.3 Å². The molecule has 5 heteroatoms. The molecular formula is C14H13FN2O2. The Bertz CT molecular complexity index is 602. The lowest BCUT2D eigenvalue weighted by Gasteiger charge is -2.17. The first-order chi connectivity index (χ1) is 9.09. The number of aromatic nitrogens is 1. The molecule has 0 aliphatic carbocycles. The number of carboxylic acid groups (broad SMARTS) is 1. The molecule has 0 saturated heterocycles. The molecule has 2 rings (SSSR count). The summed E-state index contributed by atoms with van der Waals surface area (Å²) in [5.41, 5.74) is 0.951. The molecule has 4 nitrogen and oxygen atoms in total. The van der Waals surface area contributed by atoms with Gasteiger partial charge in [-0.25, -0.2) is 9.18 Å². The molecular weight excluding hydrogens is 247 g/mol. The van der Waals surface area contributed by atoms with Crippen LogP contribution in [0.2, 0.25) is 0 Å². The van der Waals surface area contributed by atoms with Crippen molar-refractivity contribution in [1.82, 2.24) is 4.98 Å². The Hall–Kier alpha value is -2.43. The van der Waals surface area contributed by atoms with Crippen molar-refractivity contribution in [2.24, 2.45) is 0 Å². The summed E-state index contributed by atoms with van der Waals surface area (Å²) in [5.74, 6) is -1.38. The van der Waals surface area contributed by atoms with E-state index in [4.69, 9.17) is 5.11 Å². The second kappa shape index (κ2) is 5.48. The number of halogens is 1. The average molecular weight is 260 g/mol. The van der Waals surface area contributed by atoms with Crippen LogP contribution in [0.15, 0.2) is 42.7 Å². The van der Waals surface area contributed by atoms with E-state index in [-0.39, 0.29) is 17.4 Å². The molecule has 98 valence electrons. The molecule has 0 radical (unpaired) electrons. The van der Waals surface area contributed by atoms with Gasteiger partial charge in [-0.05, 0) is 19.1 Å². The molecule has 2 aromatic rings. The van der Waals surface area contributed by atoms with Crippen molar-refractivity contribution in [3.63, 3.8) is 0 Å². The van der Waals surface area contributed by atoms with Crippen LogP contribution in [0.25, 0.3) is 0 Å². The summed E-state index contributed by atoms with van der Waals surface area (Å²) in [6.45, 7) is 1.76. The Labute approximate surface area is 109 Å². The summed E-state index contributed by atoms with van der Waals surface area (Å²) in [6.07, 6.45) is 2.82. The predicted octanol–water partition coefficient (Wildman–Crippen LogP) is 3.09. The fraction of sp³-hybridized carbons (Fsp3) is 0.143. The Morgan fingerprint density at radius 1 is 1.37 bits per heavy atom. The van der Waals surface area contributed by atoms with Crippen molar-refractivity contribution in [3.05, 3.63) is 59.7 Å². The molecule has 0 fully saturated rings. The zero-order valence-corrected chi connectivity index (χ0v) is 10.3. The van der Waals surface area contributed by atoms with Crippen LogP contribution in [0.3, 0.4) is 0 Å². The van der Waals surface area contributed by atoms with Gasteiger partial charge in [0.1, 0.15) is 5.82 Å². The van der Waals surface area contributed by atoms with E-state index in [1.807, 2.05) is 0 Å². The highest BCUT2D eigenvalue weighted by Crippen LogP contribution is 2.23. The minimum Gasteiger partial charge on any atom is -0.478 e. The number of benzene rings is 1. The van der Waals surface area contributed by atoms with Gasteiger partial charge in [-0.3, -0.25) is 4.98 Å². The Kier molecular flexibility index (Phi) is 3.75. The van der Waals surface area contributed by atoms with E-state index in [9.17, 15) is 9.18 Å². The lowest BCUT2D eigenvalue weighted by Crippen LogP contribution is -2.12. The SMILES string of the molecule is CC(Nc1cnccc1C(=O)O)c1ccccc1F. The smallest absolute Gasteiger partial charge is 0.337 e. The van der Waals surface area contributed by atoms with Crippen LogP contribution in [-0.2, 0) is 0 Å². The number of anilines is 1. The third kappa shape index (κ3) is 2.88. The standard InChI is InChI=1S/C14H13FN2O2/c1-9(10-4-2-3-5-12(10)15)17-13-8-16-7-6-11(13)14(18)19/h2-9,17H,1H3,(H,18,19). The van der Waals surface area contributed by atoms with E-state index in [2.05, 4.69) is 10.3 Å². The first kappa shape index (κ1) is 13.0. The van der Waals surface area contributed by atoms with Crippen molar-refractivity contribution in [3.8, 4) is 0 Å². The third-order valence-electron chi connectivity index (χ3n) is 2.80. The molecule has 1 heterocycles. The number of carboxylic acids is 1. The van der Waals surface area contributed by atoms with E-state index in [1.165, 1.54) is 24.5 Å². The quantitative estimate of drug-likeness (QED) is 0.886. The average Bonchev–Trinajstić information content (AvgIpc) is 2.39. The van der Waals surface area contributed by atoms with Crippen molar-refractivity contribution in [2.45, 2.75) is 13.0 Å². The lowest BCUT2D eigenvalue weighted by atomic mass is 10.1. The van der Waals surface area contributed by atoms with Crippen molar-refractivity contribution in [2.75, 3.05) is 5.32 Å². The molecule has 19 heavy (non-hydrogen) atoms. The van der Waals surface area contributed by atoms with E-state index in [1.54, 1.807) is 25.1 Å². The fourth-order valence-electron chi connectivity index (χ4n) is 1.83. The summed E-state index contributed by atoms with van der Waals surface area (Å²) in [6, 6.07) is 7.41. The van der Waals surface area contributed by atoms with Gasteiger partial charge in [-0.1, -0.05) is 18.2 Å². The number of hydrogen-bond acceptors (Lipinski definition) is 3. The van der Waals surface area contributed by atoms with E-state index in [0.29, 0.717) is 11.3 Å². The van der Waals surface area contributed by atoms with Gasteiger partial charge < -0.3 is 10.4 Å². The minimum absolute atomic E-state index is 0.109. The zero-order valence-electron chi connectivity index (χ0n) is 10.3. The number of aromatic carboxylic acids is 1. The molecule has 0 saturated carbocycles. The first-order valence-electron chi connectivity index (χ1n) is 5.78. The summed E-state index contributed by atoms with van der Waals surface area (Å²) in [5, 5.41) is 12.0. The maximum atomic E-state index is 13.6.